The van der Waals surface area contributed by atoms with E-state index in [1.54, 1.807) is 0 Å². The average molecular weight is 163 g/mol. The van der Waals surface area contributed by atoms with Gasteiger partial charge >= 0.3 is 29.6 Å². The number of aliphatic hydroxyl groups is 2. The number of aliphatic hydroxyl groups excluding tert-OH is 1. The molecule has 0 aliphatic carbocycles. The monoisotopic (exact) mass is 163 g/mol. The summed E-state index contributed by atoms with van der Waals surface area (Å²) in [4.78, 5) is 8.87. The summed E-state index contributed by atoms with van der Waals surface area (Å²) in [6.07, 6.45) is -1.86. The van der Waals surface area contributed by atoms with Crippen molar-refractivity contribution in [1.82, 2.24) is 0 Å². The number of rotatable bonds is 2. The van der Waals surface area contributed by atoms with Crippen LogP contribution in [0.5, 0.6) is 0 Å². The summed E-state index contributed by atoms with van der Waals surface area (Å²) in [6.45, 7) is 1.12. The third-order valence-electron chi connectivity index (χ3n) is 0.764. The quantitative estimate of drug-likeness (QED) is 0.202. The van der Waals surface area contributed by atoms with Gasteiger partial charge in [0.15, 0.2) is 0 Å². The molecule has 0 heterocycles. The van der Waals surface area contributed by atoms with E-state index in [-0.39, 0.29) is 35.0 Å². The first-order valence-electron chi connectivity index (χ1n) is 2.05. The van der Waals surface area contributed by atoms with Crippen molar-refractivity contribution in [3.8, 4) is 0 Å². The standard InChI is InChI=1S/C3H7NO4.Na.H2O.H/c1-2(3(5)6)4(7)8;;;/h2-3,5-6H,1H3;;1H2;. The van der Waals surface area contributed by atoms with Crippen LogP contribution in [0, 0.1) is 10.1 Å². The van der Waals surface area contributed by atoms with Gasteiger partial charge in [0.25, 0.3) is 6.04 Å². The number of nitro groups is 1. The Morgan fingerprint density at radius 1 is 1.50 bits per heavy atom. The molecule has 0 saturated carbocycles. The SMILES string of the molecule is CC(C(O)O)[N+](=O)[O-].O.[NaH]. The maximum atomic E-state index is 9.63. The minimum atomic E-state index is -1.86. The van der Waals surface area contributed by atoms with Crippen molar-refractivity contribution in [2.24, 2.45) is 0 Å². The number of hydrogen-bond acceptors (Lipinski definition) is 4. The molecule has 0 aliphatic heterocycles. The predicted octanol–water partition coefficient (Wildman–Crippen LogP) is -2.51. The van der Waals surface area contributed by atoms with E-state index >= 15 is 0 Å². The van der Waals surface area contributed by atoms with Crippen molar-refractivity contribution in [3.63, 3.8) is 0 Å². The zero-order valence-electron chi connectivity index (χ0n) is 4.81. The van der Waals surface area contributed by atoms with Crippen molar-refractivity contribution < 1.29 is 20.6 Å². The van der Waals surface area contributed by atoms with Gasteiger partial charge in [-0.2, -0.15) is 0 Å². The zero-order chi connectivity index (χ0) is 6.73. The fourth-order valence-electron chi connectivity index (χ4n) is 0.109. The molecule has 0 fully saturated rings. The van der Waals surface area contributed by atoms with Crippen molar-refractivity contribution >= 4 is 29.6 Å². The fourth-order valence-corrected chi connectivity index (χ4v) is 0.109. The predicted molar refractivity (Wildman–Crippen MR) is 35.4 cm³/mol. The summed E-state index contributed by atoms with van der Waals surface area (Å²) in [5.41, 5.74) is 0. The zero-order valence-corrected chi connectivity index (χ0v) is 4.81. The third-order valence-corrected chi connectivity index (χ3v) is 0.764. The molecule has 0 spiro atoms. The van der Waals surface area contributed by atoms with Crippen molar-refractivity contribution in [3.05, 3.63) is 10.1 Å². The van der Waals surface area contributed by atoms with E-state index < -0.39 is 17.3 Å². The molecule has 0 radical (unpaired) electrons. The molecule has 7 heteroatoms. The van der Waals surface area contributed by atoms with Crippen LogP contribution in [0.15, 0.2) is 0 Å². The van der Waals surface area contributed by atoms with Gasteiger partial charge in [0.05, 0.1) is 0 Å². The third kappa shape index (κ3) is 6.40. The second kappa shape index (κ2) is 7.39. The summed E-state index contributed by atoms with van der Waals surface area (Å²) in [6, 6.07) is -1.30. The van der Waals surface area contributed by atoms with Gasteiger partial charge in [-0.3, -0.25) is 10.1 Å². The van der Waals surface area contributed by atoms with Crippen LogP contribution < -0.4 is 0 Å². The topological polar surface area (TPSA) is 115 Å². The van der Waals surface area contributed by atoms with E-state index in [0.29, 0.717) is 0 Å². The number of nitrogens with zero attached hydrogens (tertiary/aromatic N) is 1. The van der Waals surface area contributed by atoms with Crippen LogP contribution >= 0.6 is 0 Å². The molecule has 0 rings (SSSR count). The molecule has 6 nitrogen and oxygen atoms in total. The van der Waals surface area contributed by atoms with E-state index in [4.69, 9.17) is 10.2 Å². The first-order chi connectivity index (χ1) is 3.55. The van der Waals surface area contributed by atoms with Crippen LogP contribution in [0.4, 0.5) is 0 Å². The molecule has 0 aromatic rings. The maximum absolute atomic E-state index is 9.63. The van der Waals surface area contributed by atoms with Gasteiger partial charge in [-0.05, 0) is 0 Å². The van der Waals surface area contributed by atoms with Crippen LogP contribution in [-0.4, -0.2) is 62.5 Å². The van der Waals surface area contributed by atoms with Gasteiger partial charge in [-0.25, -0.2) is 0 Å². The van der Waals surface area contributed by atoms with Crippen molar-refractivity contribution in [2.45, 2.75) is 19.3 Å². The minimum absolute atomic E-state index is 0. The van der Waals surface area contributed by atoms with Crippen LogP contribution in [-0.2, 0) is 0 Å². The first-order valence-corrected chi connectivity index (χ1v) is 2.05. The molecular formula is C3H10NNaO5. The van der Waals surface area contributed by atoms with E-state index in [2.05, 4.69) is 0 Å². The second-order valence-corrected chi connectivity index (χ2v) is 1.44. The summed E-state index contributed by atoms with van der Waals surface area (Å²) < 4.78 is 0. The molecule has 58 valence electrons. The van der Waals surface area contributed by atoms with E-state index in [9.17, 15) is 10.1 Å². The second-order valence-electron chi connectivity index (χ2n) is 1.44. The molecule has 4 N–H and O–H groups in total. The summed E-state index contributed by atoms with van der Waals surface area (Å²) in [5, 5.41) is 25.8. The van der Waals surface area contributed by atoms with Gasteiger partial charge in [0.1, 0.15) is 0 Å². The van der Waals surface area contributed by atoms with E-state index in [1.807, 2.05) is 0 Å². The molecular weight excluding hydrogens is 153 g/mol. The van der Waals surface area contributed by atoms with Gasteiger partial charge < -0.3 is 15.7 Å². The normalized spacial score (nSPS) is 11.2. The molecule has 1 unspecified atom stereocenters. The van der Waals surface area contributed by atoms with E-state index in [0.717, 1.165) is 6.92 Å². The molecule has 0 bridgehead atoms. The molecule has 1 atom stereocenters. The van der Waals surface area contributed by atoms with E-state index in [1.165, 1.54) is 0 Å². The molecule has 10 heavy (non-hydrogen) atoms. The molecule has 0 aromatic carbocycles. The van der Waals surface area contributed by atoms with Crippen LogP contribution in [0.3, 0.4) is 0 Å². The van der Waals surface area contributed by atoms with Gasteiger partial charge in [0.2, 0.25) is 6.29 Å². The molecule has 0 saturated heterocycles. The first kappa shape index (κ1) is 16.7. The fraction of sp³-hybridized carbons (Fsp3) is 1.00. The summed E-state index contributed by atoms with van der Waals surface area (Å²) in [5.74, 6) is 0. The van der Waals surface area contributed by atoms with Gasteiger partial charge in [0, 0.05) is 11.8 Å². The van der Waals surface area contributed by atoms with Crippen molar-refractivity contribution in [1.29, 1.82) is 0 Å². The Hall–Kier alpha value is 0.280. The average Bonchev–Trinajstić information content (AvgIpc) is 1.64. The van der Waals surface area contributed by atoms with Crippen LogP contribution in [0.1, 0.15) is 6.92 Å². The van der Waals surface area contributed by atoms with Crippen LogP contribution in [0.25, 0.3) is 0 Å². The van der Waals surface area contributed by atoms with Crippen LogP contribution in [0.2, 0.25) is 0 Å². The summed E-state index contributed by atoms with van der Waals surface area (Å²) in [7, 11) is 0. The Morgan fingerprint density at radius 3 is 1.80 bits per heavy atom. The Labute approximate surface area is 79.6 Å². The summed E-state index contributed by atoms with van der Waals surface area (Å²) >= 11 is 0. The Kier molecular flexibility index (Phi) is 12.3. The molecule has 0 amide bonds. The van der Waals surface area contributed by atoms with Gasteiger partial charge in [-0.1, -0.05) is 0 Å². The Morgan fingerprint density at radius 2 is 1.80 bits per heavy atom. The van der Waals surface area contributed by atoms with Gasteiger partial charge in [-0.15, -0.1) is 0 Å². The van der Waals surface area contributed by atoms with Crippen molar-refractivity contribution in [2.75, 3.05) is 0 Å². The molecule has 0 aliphatic rings. The Bertz CT molecular complexity index is 96.9. The Balaban J connectivity index is -0.000000245. The number of hydrogen-bond donors (Lipinski definition) is 2. The molecule has 0 aromatic heterocycles.